The zero-order valence-electron chi connectivity index (χ0n) is 14.5. The van der Waals surface area contributed by atoms with Crippen LogP contribution in [-0.2, 0) is 0 Å². The summed E-state index contributed by atoms with van der Waals surface area (Å²) in [7, 11) is 0. The molecule has 1 fully saturated rings. The zero-order valence-corrected chi connectivity index (χ0v) is 16.0. The third kappa shape index (κ3) is 4.24. The van der Waals surface area contributed by atoms with Crippen molar-refractivity contribution < 1.29 is 14.3 Å². The van der Waals surface area contributed by atoms with Crippen molar-refractivity contribution in [2.75, 3.05) is 24.6 Å². The Morgan fingerprint density at radius 1 is 1.30 bits per heavy atom. The molecule has 0 bridgehead atoms. The van der Waals surface area contributed by atoms with Crippen LogP contribution in [-0.4, -0.2) is 35.6 Å². The number of carbonyl (C=O) groups is 1. The number of hydrogen-bond donors (Lipinski definition) is 0. The van der Waals surface area contributed by atoms with Gasteiger partial charge in [0.15, 0.2) is 17.2 Å². The Hall–Kier alpha value is -2.56. The molecule has 0 aliphatic carbocycles. The smallest absolute Gasteiger partial charge is 0.364 e. The lowest BCUT2D eigenvalue weighted by Crippen LogP contribution is -2.22. The fourth-order valence-electron chi connectivity index (χ4n) is 2.71. The number of carbonyl (C=O) groups excluding carboxylic acids is 1. The largest absolute Gasteiger partial charge is 0.490 e. The number of benzene rings is 1. The van der Waals surface area contributed by atoms with Crippen LogP contribution in [0.5, 0.6) is 11.5 Å². The van der Waals surface area contributed by atoms with Crippen LogP contribution in [0.4, 0.5) is 5.95 Å². The zero-order chi connectivity index (χ0) is 19.4. The van der Waals surface area contributed by atoms with Gasteiger partial charge in [-0.05, 0) is 25.8 Å². The van der Waals surface area contributed by atoms with Gasteiger partial charge in [-0.15, -0.1) is 0 Å². The molecule has 1 saturated heterocycles. The number of aromatic nitrogens is 2. The molecule has 27 heavy (non-hydrogen) atoms. The number of nitriles is 1. The first-order valence-electron chi connectivity index (χ1n) is 8.39. The maximum Gasteiger partial charge on any atom is 0.364 e. The van der Waals surface area contributed by atoms with Crippen LogP contribution in [0.25, 0.3) is 0 Å². The van der Waals surface area contributed by atoms with Gasteiger partial charge in [-0.3, -0.25) is 0 Å². The highest BCUT2D eigenvalue weighted by molar-refractivity contribution is 6.34. The number of nitrogens with zero attached hydrogens (tertiary/aromatic N) is 4. The molecule has 0 unspecified atom stereocenters. The first kappa shape index (κ1) is 19.2. The predicted molar refractivity (Wildman–Crippen MR) is 101 cm³/mol. The van der Waals surface area contributed by atoms with Crippen molar-refractivity contribution in [2.45, 2.75) is 19.8 Å². The third-order valence-electron chi connectivity index (χ3n) is 3.95. The molecule has 0 atom stereocenters. The highest BCUT2D eigenvalue weighted by atomic mass is 35.5. The van der Waals surface area contributed by atoms with E-state index in [1.54, 1.807) is 6.92 Å². The molecule has 7 nitrogen and oxygen atoms in total. The topological polar surface area (TPSA) is 88.3 Å². The molecule has 2 heterocycles. The highest BCUT2D eigenvalue weighted by Gasteiger charge is 2.23. The van der Waals surface area contributed by atoms with E-state index in [1.165, 1.54) is 18.3 Å². The number of anilines is 1. The van der Waals surface area contributed by atoms with Crippen molar-refractivity contribution in [2.24, 2.45) is 0 Å². The van der Waals surface area contributed by atoms with Crippen molar-refractivity contribution in [1.82, 2.24) is 9.97 Å². The first-order valence-corrected chi connectivity index (χ1v) is 9.15. The lowest BCUT2D eigenvalue weighted by molar-refractivity contribution is 0.0722. The number of hydrogen-bond acceptors (Lipinski definition) is 7. The molecular weight excluding hydrogens is 391 g/mol. The van der Waals surface area contributed by atoms with Gasteiger partial charge in [0.25, 0.3) is 0 Å². The molecule has 2 aromatic rings. The fraction of sp³-hybridized carbons (Fsp3) is 0.333. The molecule has 1 aliphatic heterocycles. The molecule has 1 aromatic carbocycles. The normalized spacial score (nSPS) is 13.3. The Morgan fingerprint density at radius 3 is 2.70 bits per heavy atom. The molecule has 1 aliphatic rings. The van der Waals surface area contributed by atoms with Gasteiger partial charge in [0.05, 0.1) is 34.5 Å². The summed E-state index contributed by atoms with van der Waals surface area (Å²) in [6.07, 6.45) is 3.47. The molecule has 0 spiro atoms. The second kappa shape index (κ2) is 8.42. The van der Waals surface area contributed by atoms with Crippen molar-refractivity contribution in [1.29, 1.82) is 5.26 Å². The number of rotatable bonds is 5. The van der Waals surface area contributed by atoms with Crippen molar-refractivity contribution in [3.05, 3.63) is 39.6 Å². The van der Waals surface area contributed by atoms with E-state index in [-0.39, 0.29) is 27.2 Å². The second-order valence-electron chi connectivity index (χ2n) is 5.78. The number of ether oxygens (including phenoxy) is 2. The maximum atomic E-state index is 12.7. The Morgan fingerprint density at radius 2 is 2.04 bits per heavy atom. The summed E-state index contributed by atoms with van der Waals surface area (Å²) in [4.78, 5) is 23.1. The van der Waals surface area contributed by atoms with Gasteiger partial charge in [-0.25, -0.2) is 14.8 Å². The predicted octanol–water partition coefficient (Wildman–Crippen LogP) is 3.87. The number of halogens is 2. The quantitative estimate of drug-likeness (QED) is 0.549. The minimum Gasteiger partial charge on any atom is -0.490 e. The molecular formula is C18H16Cl2N4O3. The minimum atomic E-state index is -0.782. The Bertz CT molecular complexity index is 908. The van der Waals surface area contributed by atoms with E-state index in [1.807, 2.05) is 11.0 Å². The van der Waals surface area contributed by atoms with E-state index in [2.05, 4.69) is 9.97 Å². The van der Waals surface area contributed by atoms with Crippen LogP contribution < -0.4 is 14.4 Å². The summed E-state index contributed by atoms with van der Waals surface area (Å²) in [5, 5.41) is 9.22. The summed E-state index contributed by atoms with van der Waals surface area (Å²) < 4.78 is 10.9. The van der Waals surface area contributed by atoms with E-state index in [0.29, 0.717) is 18.1 Å². The SMILES string of the molecule is CCOc1cc(C#N)cc(Cl)c1OC(=O)c1nc(N2CCCC2)ncc1Cl. The monoisotopic (exact) mass is 406 g/mol. The Kier molecular flexibility index (Phi) is 5.99. The van der Waals surface area contributed by atoms with Crippen LogP contribution in [0.15, 0.2) is 18.3 Å². The average Bonchev–Trinajstić information content (AvgIpc) is 3.19. The van der Waals surface area contributed by atoms with Crippen LogP contribution in [0, 0.1) is 11.3 Å². The molecule has 0 amide bonds. The standard InChI is InChI=1S/C18H16Cl2N4O3/c1-2-26-14-8-11(9-21)7-12(19)16(14)27-17(25)15-13(20)10-22-18(23-15)24-5-3-4-6-24/h7-8,10H,2-6H2,1H3. The van der Waals surface area contributed by atoms with Crippen LogP contribution in [0.2, 0.25) is 10.0 Å². The molecule has 0 N–H and O–H groups in total. The summed E-state index contributed by atoms with van der Waals surface area (Å²) in [6, 6.07) is 4.82. The Balaban J connectivity index is 1.91. The fourth-order valence-corrected chi connectivity index (χ4v) is 3.12. The molecule has 0 radical (unpaired) electrons. The van der Waals surface area contributed by atoms with Gasteiger partial charge in [0.1, 0.15) is 0 Å². The maximum absolute atomic E-state index is 12.7. The summed E-state index contributed by atoms with van der Waals surface area (Å²) >= 11 is 12.3. The van der Waals surface area contributed by atoms with Crippen LogP contribution in [0.3, 0.4) is 0 Å². The number of esters is 1. The van der Waals surface area contributed by atoms with E-state index in [9.17, 15) is 4.79 Å². The minimum absolute atomic E-state index is 0.0138. The van der Waals surface area contributed by atoms with Gasteiger partial charge in [-0.2, -0.15) is 5.26 Å². The van der Waals surface area contributed by atoms with Gasteiger partial charge in [0, 0.05) is 19.2 Å². The van der Waals surface area contributed by atoms with Gasteiger partial charge in [0.2, 0.25) is 5.95 Å². The molecule has 140 valence electrons. The van der Waals surface area contributed by atoms with Gasteiger partial charge in [-0.1, -0.05) is 23.2 Å². The Labute approximate surface area is 166 Å². The molecule has 0 saturated carbocycles. The van der Waals surface area contributed by atoms with Crippen molar-refractivity contribution >= 4 is 35.1 Å². The molecule has 3 rings (SSSR count). The molecule has 9 heteroatoms. The summed E-state index contributed by atoms with van der Waals surface area (Å²) in [5.41, 5.74) is 0.232. The lowest BCUT2D eigenvalue weighted by Gasteiger charge is -2.16. The van der Waals surface area contributed by atoms with Crippen LogP contribution >= 0.6 is 23.2 Å². The van der Waals surface area contributed by atoms with Gasteiger partial charge >= 0.3 is 5.97 Å². The van der Waals surface area contributed by atoms with Crippen molar-refractivity contribution in [3.63, 3.8) is 0 Å². The lowest BCUT2D eigenvalue weighted by atomic mass is 10.2. The molecule has 1 aromatic heterocycles. The van der Waals surface area contributed by atoms with E-state index >= 15 is 0 Å². The van der Waals surface area contributed by atoms with Crippen molar-refractivity contribution in [3.8, 4) is 17.6 Å². The van der Waals surface area contributed by atoms with E-state index in [4.69, 9.17) is 37.9 Å². The summed E-state index contributed by atoms with van der Waals surface area (Å²) in [5.74, 6) is -0.144. The van der Waals surface area contributed by atoms with Crippen LogP contribution in [0.1, 0.15) is 35.8 Å². The summed E-state index contributed by atoms with van der Waals surface area (Å²) in [6.45, 7) is 3.73. The first-order chi connectivity index (χ1) is 13.0. The third-order valence-corrected chi connectivity index (χ3v) is 4.50. The van der Waals surface area contributed by atoms with Gasteiger partial charge < -0.3 is 14.4 Å². The van der Waals surface area contributed by atoms with E-state index in [0.717, 1.165) is 25.9 Å². The average molecular weight is 407 g/mol. The highest BCUT2D eigenvalue weighted by Crippen LogP contribution is 2.37. The second-order valence-corrected chi connectivity index (χ2v) is 6.59. The van der Waals surface area contributed by atoms with E-state index < -0.39 is 5.97 Å².